The molecule has 0 aromatic rings. The minimum atomic E-state index is -4.92. The van der Waals surface area contributed by atoms with E-state index < -0.39 is 24.7 Å². The standard InChI is InChI=1S/C45H79F6NO8/c1-52(2)36-26-16-15-21-31-39(29-19-9-7-13-22-32-40(53)57-37-27-17-5-3-11-24-34-42(55)59-44(46,47)48)30-20-10-8-14-23-33-41(54)58-38-28-18-6-4-12-25-35-43(56)60-45(49,50)51/h39H,3-38H2,1-2H3. The molecule has 0 heterocycles. The molecule has 0 aromatic heterocycles. The van der Waals surface area contributed by atoms with Crippen LogP contribution in [0.25, 0.3) is 0 Å². The number of halogens is 6. The Morgan fingerprint density at radius 1 is 0.383 bits per heavy atom. The topological polar surface area (TPSA) is 108 Å². The van der Waals surface area contributed by atoms with Crippen molar-refractivity contribution in [3.8, 4) is 0 Å². The van der Waals surface area contributed by atoms with Crippen molar-refractivity contribution >= 4 is 23.9 Å². The molecule has 0 aromatic carbocycles. The van der Waals surface area contributed by atoms with Gasteiger partial charge in [0.05, 0.1) is 13.2 Å². The number of unbranched alkanes of at least 4 members (excludes halogenated alkanes) is 21. The fourth-order valence-corrected chi connectivity index (χ4v) is 7.15. The highest BCUT2D eigenvalue weighted by Crippen LogP contribution is 2.25. The van der Waals surface area contributed by atoms with Gasteiger partial charge in [-0.1, -0.05) is 141 Å². The number of carbonyl (C=O) groups is 4. The maximum absolute atomic E-state index is 12.1. The highest BCUT2D eigenvalue weighted by Gasteiger charge is 2.34. The van der Waals surface area contributed by atoms with Crippen molar-refractivity contribution in [2.75, 3.05) is 33.9 Å². The second kappa shape index (κ2) is 38.1. The van der Waals surface area contributed by atoms with Gasteiger partial charge < -0.3 is 23.8 Å². The molecule has 0 aliphatic carbocycles. The molecule has 0 rings (SSSR count). The Morgan fingerprint density at radius 2 is 0.650 bits per heavy atom. The molecule has 15 heteroatoms. The zero-order valence-electron chi connectivity index (χ0n) is 37.0. The van der Waals surface area contributed by atoms with Gasteiger partial charge in [-0.2, -0.15) is 0 Å². The van der Waals surface area contributed by atoms with Crippen LogP contribution in [0, 0.1) is 5.92 Å². The Morgan fingerprint density at radius 3 is 0.967 bits per heavy atom. The maximum atomic E-state index is 12.1. The third kappa shape index (κ3) is 45.0. The third-order valence-electron chi connectivity index (χ3n) is 10.5. The van der Waals surface area contributed by atoms with Crippen molar-refractivity contribution in [1.29, 1.82) is 0 Å². The minimum absolute atomic E-state index is 0.166. The molecule has 0 bridgehead atoms. The van der Waals surface area contributed by atoms with Crippen LogP contribution in [0.4, 0.5) is 26.3 Å². The van der Waals surface area contributed by atoms with Crippen molar-refractivity contribution in [3.05, 3.63) is 0 Å². The summed E-state index contributed by atoms with van der Waals surface area (Å²) in [6.45, 7) is 1.89. The fraction of sp³-hybridized carbons (Fsp3) is 0.911. The van der Waals surface area contributed by atoms with E-state index in [4.69, 9.17) is 9.47 Å². The van der Waals surface area contributed by atoms with Crippen molar-refractivity contribution in [1.82, 2.24) is 4.90 Å². The number of carbonyl (C=O) groups excluding carboxylic acids is 4. The van der Waals surface area contributed by atoms with E-state index >= 15 is 0 Å². The van der Waals surface area contributed by atoms with Gasteiger partial charge in [0.1, 0.15) is 0 Å². The number of alkyl halides is 6. The average molecular weight is 876 g/mol. The summed E-state index contributed by atoms with van der Waals surface area (Å²) in [5.74, 6) is -2.08. The molecule has 0 N–H and O–H groups in total. The monoisotopic (exact) mass is 876 g/mol. The number of esters is 4. The number of hydrogen-bond donors (Lipinski definition) is 0. The van der Waals surface area contributed by atoms with Gasteiger partial charge in [0, 0.05) is 25.7 Å². The zero-order chi connectivity index (χ0) is 44.7. The van der Waals surface area contributed by atoms with Crippen LogP contribution in [-0.2, 0) is 38.1 Å². The third-order valence-corrected chi connectivity index (χ3v) is 10.5. The lowest BCUT2D eigenvalue weighted by molar-refractivity contribution is -0.307. The SMILES string of the molecule is CN(C)CCCCCCC(CCCCCCCC(=O)OCCCCCCCCC(=O)OC(F)(F)F)CCCCCCCC(=O)OCCCCCCCCC(=O)OC(F)(F)F. The lowest BCUT2D eigenvalue weighted by Gasteiger charge is -2.17. The second-order valence-corrected chi connectivity index (χ2v) is 16.5. The normalized spacial score (nSPS) is 12.0. The molecular weight excluding hydrogens is 796 g/mol. The van der Waals surface area contributed by atoms with Gasteiger partial charge in [-0.25, -0.2) is 0 Å². The van der Waals surface area contributed by atoms with Gasteiger partial charge in [0.25, 0.3) is 0 Å². The maximum Gasteiger partial charge on any atom is 0.575 e. The summed E-state index contributed by atoms with van der Waals surface area (Å²) in [7, 11) is 4.23. The molecule has 0 atom stereocenters. The Balaban J connectivity index is 3.97. The first-order chi connectivity index (χ1) is 28.6. The first kappa shape index (κ1) is 57.4. The number of hydrogen-bond acceptors (Lipinski definition) is 9. The number of rotatable bonds is 41. The van der Waals surface area contributed by atoms with Gasteiger partial charge in [-0.15, -0.1) is 26.3 Å². The van der Waals surface area contributed by atoms with Crippen molar-refractivity contribution in [2.45, 2.75) is 225 Å². The molecule has 0 aliphatic heterocycles. The smallest absolute Gasteiger partial charge is 0.466 e. The Kier molecular flexibility index (Phi) is 36.5. The van der Waals surface area contributed by atoms with Crippen LogP contribution in [0.2, 0.25) is 0 Å². The molecule has 9 nitrogen and oxygen atoms in total. The molecule has 0 spiro atoms. The predicted molar refractivity (Wildman–Crippen MR) is 221 cm³/mol. The largest absolute Gasteiger partial charge is 0.575 e. The van der Waals surface area contributed by atoms with E-state index in [2.05, 4.69) is 28.5 Å². The number of nitrogens with zero attached hydrogens (tertiary/aromatic N) is 1. The van der Waals surface area contributed by atoms with Crippen LogP contribution < -0.4 is 0 Å². The summed E-state index contributed by atoms with van der Waals surface area (Å²) in [6, 6.07) is 0. The Labute approximate surface area is 357 Å². The second-order valence-electron chi connectivity index (χ2n) is 16.5. The Bertz CT molecular complexity index is 1000. The van der Waals surface area contributed by atoms with Crippen molar-refractivity contribution in [3.63, 3.8) is 0 Å². The molecular formula is C45H79F6NO8. The van der Waals surface area contributed by atoms with E-state index in [1.165, 1.54) is 70.6 Å². The Hall–Kier alpha value is -2.58. The molecule has 0 saturated heterocycles. The minimum Gasteiger partial charge on any atom is -0.466 e. The predicted octanol–water partition coefficient (Wildman–Crippen LogP) is 13.2. The molecule has 0 radical (unpaired) electrons. The summed E-state index contributed by atoms with van der Waals surface area (Å²) in [4.78, 5) is 48.5. The molecule has 0 saturated carbocycles. The van der Waals surface area contributed by atoms with E-state index in [9.17, 15) is 45.5 Å². The highest BCUT2D eigenvalue weighted by molar-refractivity contribution is 5.70. The van der Waals surface area contributed by atoms with Crippen LogP contribution in [0.1, 0.15) is 212 Å². The fourth-order valence-electron chi connectivity index (χ4n) is 7.15. The van der Waals surface area contributed by atoms with Crippen LogP contribution >= 0.6 is 0 Å². The molecule has 60 heavy (non-hydrogen) atoms. The first-order valence-corrected chi connectivity index (χ1v) is 23.1. The van der Waals surface area contributed by atoms with Crippen LogP contribution in [0.5, 0.6) is 0 Å². The van der Waals surface area contributed by atoms with Crippen molar-refractivity contribution in [2.24, 2.45) is 5.92 Å². The van der Waals surface area contributed by atoms with Gasteiger partial charge in [-0.05, 0) is 71.5 Å². The molecule has 0 aliphatic rings. The van der Waals surface area contributed by atoms with E-state index in [1.54, 1.807) is 0 Å². The lowest BCUT2D eigenvalue weighted by Crippen LogP contribution is -2.19. The first-order valence-electron chi connectivity index (χ1n) is 23.1. The van der Waals surface area contributed by atoms with Crippen LogP contribution in [0.15, 0.2) is 0 Å². The van der Waals surface area contributed by atoms with Gasteiger partial charge in [-0.3, -0.25) is 19.2 Å². The van der Waals surface area contributed by atoms with E-state index in [1.807, 2.05) is 0 Å². The van der Waals surface area contributed by atoms with E-state index in [0.717, 1.165) is 102 Å². The average Bonchev–Trinajstić information content (AvgIpc) is 3.15. The lowest BCUT2D eigenvalue weighted by atomic mass is 9.89. The summed E-state index contributed by atoms with van der Waals surface area (Å²) < 4.78 is 89.3. The van der Waals surface area contributed by atoms with E-state index in [-0.39, 0.29) is 24.8 Å². The van der Waals surface area contributed by atoms with E-state index in [0.29, 0.717) is 51.7 Å². The molecule has 0 unspecified atom stereocenters. The molecule has 354 valence electrons. The summed E-state index contributed by atoms with van der Waals surface area (Å²) >= 11 is 0. The molecule has 0 fully saturated rings. The zero-order valence-corrected chi connectivity index (χ0v) is 37.0. The summed E-state index contributed by atoms with van der Waals surface area (Å²) in [6.07, 6.45) is 18.6. The van der Waals surface area contributed by atoms with Crippen molar-refractivity contribution < 1.29 is 64.5 Å². The highest BCUT2D eigenvalue weighted by atomic mass is 19.4. The van der Waals surface area contributed by atoms with Gasteiger partial charge in [0.2, 0.25) is 0 Å². The van der Waals surface area contributed by atoms with Gasteiger partial charge >= 0.3 is 36.6 Å². The summed E-state index contributed by atoms with van der Waals surface area (Å²) in [5, 5.41) is 0. The van der Waals surface area contributed by atoms with Gasteiger partial charge in [0.15, 0.2) is 0 Å². The summed E-state index contributed by atoms with van der Waals surface area (Å²) in [5.41, 5.74) is 0. The van der Waals surface area contributed by atoms with Crippen LogP contribution in [-0.4, -0.2) is 75.4 Å². The number of ether oxygens (including phenoxy) is 4. The van der Waals surface area contributed by atoms with Crippen LogP contribution in [0.3, 0.4) is 0 Å². The molecule has 0 amide bonds. The quantitative estimate of drug-likeness (QED) is 0.0257.